The van der Waals surface area contributed by atoms with E-state index in [-0.39, 0.29) is 0 Å². The highest BCUT2D eigenvalue weighted by Crippen LogP contribution is 2.27. The van der Waals surface area contributed by atoms with Gasteiger partial charge in [-0.1, -0.05) is 6.58 Å². The molecule has 0 aromatic carbocycles. The Kier molecular flexibility index (Phi) is 5.27. The van der Waals surface area contributed by atoms with Gasteiger partial charge >= 0.3 is 18.3 Å². The molecule has 0 saturated carbocycles. The summed E-state index contributed by atoms with van der Waals surface area (Å²) < 4.78 is 52.2. The average Bonchev–Trinajstić information content (AvgIpc) is 2.13. The molecule has 1 unspecified atom stereocenters. The van der Waals surface area contributed by atoms with Crippen LogP contribution in [-0.2, 0) is 9.53 Å². The highest BCUT2D eigenvalue weighted by atomic mass is 19.3. The van der Waals surface area contributed by atoms with Crippen LogP contribution in [0.4, 0.5) is 17.6 Å². The summed E-state index contributed by atoms with van der Waals surface area (Å²) in [4.78, 5) is 10.4. The van der Waals surface area contributed by atoms with Crippen LogP contribution in [0, 0.1) is 0 Å². The molecule has 0 bridgehead atoms. The summed E-state index contributed by atoms with van der Waals surface area (Å²) in [5.41, 5.74) is 0. The maximum Gasteiger partial charge on any atom is 0.330 e. The number of ether oxygens (including phenoxy) is 1. The summed E-state index contributed by atoms with van der Waals surface area (Å²) in [5, 5.41) is 8.85. The van der Waals surface area contributed by atoms with Crippen LogP contribution in [0.3, 0.4) is 0 Å². The van der Waals surface area contributed by atoms with E-state index in [0.29, 0.717) is 0 Å². The summed E-state index contributed by atoms with van der Waals surface area (Å²) in [6.07, 6.45) is -6.40. The van der Waals surface area contributed by atoms with Crippen LogP contribution in [0.1, 0.15) is 6.42 Å². The molecule has 0 aliphatic heterocycles. The van der Waals surface area contributed by atoms with E-state index in [9.17, 15) is 22.4 Å². The number of rotatable bonds is 6. The summed E-state index contributed by atoms with van der Waals surface area (Å²) in [6.45, 7) is 2.25. The maximum absolute atomic E-state index is 12.3. The lowest BCUT2D eigenvalue weighted by molar-refractivity contribution is -0.159. The Hall–Kier alpha value is -1.11. The Labute approximate surface area is 83.3 Å². The monoisotopic (exact) mass is 230 g/mol. The van der Waals surface area contributed by atoms with Crippen molar-refractivity contribution in [2.75, 3.05) is 6.61 Å². The van der Waals surface area contributed by atoms with Crippen molar-refractivity contribution in [2.45, 2.75) is 24.9 Å². The fourth-order valence-corrected chi connectivity index (χ4v) is 0.699. The van der Waals surface area contributed by atoms with Gasteiger partial charge in [-0.3, -0.25) is 0 Å². The van der Waals surface area contributed by atoms with E-state index in [1.54, 1.807) is 0 Å². The van der Waals surface area contributed by atoms with Crippen LogP contribution >= 0.6 is 0 Å². The zero-order valence-corrected chi connectivity index (χ0v) is 7.63. The van der Waals surface area contributed by atoms with Crippen molar-refractivity contribution in [2.24, 2.45) is 0 Å². The van der Waals surface area contributed by atoms with E-state index in [2.05, 4.69) is 11.3 Å². The molecule has 0 fully saturated rings. The van der Waals surface area contributed by atoms with Gasteiger partial charge in [0.05, 0.1) is 6.10 Å². The van der Waals surface area contributed by atoms with E-state index in [1.165, 1.54) is 0 Å². The average molecular weight is 230 g/mol. The molecule has 0 aromatic heterocycles. The lowest BCUT2D eigenvalue weighted by atomic mass is 10.1. The molecule has 0 spiro atoms. The lowest BCUT2D eigenvalue weighted by Gasteiger charge is -2.18. The van der Waals surface area contributed by atoms with Gasteiger partial charge in [-0.15, -0.1) is 0 Å². The minimum Gasteiger partial charge on any atom is -0.460 e. The van der Waals surface area contributed by atoms with E-state index >= 15 is 0 Å². The van der Waals surface area contributed by atoms with Gasteiger partial charge in [-0.25, -0.2) is 22.4 Å². The van der Waals surface area contributed by atoms with Crippen LogP contribution in [0.15, 0.2) is 12.7 Å². The van der Waals surface area contributed by atoms with E-state index in [4.69, 9.17) is 5.11 Å². The van der Waals surface area contributed by atoms with Crippen LogP contribution in [0.2, 0.25) is 0 Å². The molecule has 3 nitrogen and oxygen atoms in total. The Balaban J connectivity index is 3.98. The van der Waals surface area contributed by atoms with E-state index < -0.39 is 37.4 Å². The summed E-state index contributed by atoms with van der Waals surface area (Å²) in [5.74, 6) is -5.21. The molecule has 0 aliphatic carbocycles. The number of aliphatic hydroxyl groups is 1. The number of carbonyl (C=O) groups is 1. The van der Waals surface area contributed by atoms with Gasteiger partial charge < -0.3 is 9.84 Å². The molecule has 0 aromatic rings. The van der Waals surface area contributed by atoms with Gasteiger partial charge in [0.1, 0.15) is 6.61 Å². The van der Waals surface area contributed by atoms with Crippen molar-refractivity contribution in [3.05, 3.63) is 12.7 Å². The Morgan fingerprint density at radius 1 is 1.53 bits per heavy atom. The van der Waals surface area contributed by atoms with Crippen molar-refractivity contribution in [1.29, 1.82) is 0 Å². The van der Waals surface area contributed by atoms with Gasteiger partial charge in [0.15, 0.2) is 0 Å². The first-order valence-electron chi connectivity index (χ1n) is 3.93. The van der Waals surface area contributed by atoms with Crippen LogP contribution in [0.25, 0.3) is 0 Å². The molecule has 1 atom stereocenters. The molecular formula is C8H10F4O3. The zero-order chi connectivity index (χ0) is 12.1. The second-order valence-corrected chi connectivity index (χ2v) is 2.75. The minimum absolute atomic E-state index is 0.762. The van der Waals surface area contributed by atoms with Crippen molar-refractivity contribution >= 4 is 5.97 Å². The summed E-state index contributed by atoms with van der Waals surface area (Å²) >= 11 is 0. The standard InChI is InChI=1S/C8H10F4O3/c1-2-6(14)15-4-5(13)3-8(11,12)7(9)10/h2,5,7,13H,1,3-4H2. The largest absolute Gasteiger partial charge is 0.460 e. The second-order valence-electron chi connectivity index (χ2n) is 2.75. The molecule has 88 valence electrons. The number of esters is 1. The van der Waals surface area contributed by atoms with Crippen molar-refractivity contribution in [3.8, 4) is 0 Å². The third kappa shape index (κ3) is 5.36. The summed E-state index contributed by atoms with van der Waals surface area (Å²) in [6, 6.07) is 0. The first-order valence-corrected chi connectivity index (χ1v) is 3.93. The molecule has 0 rings (SSSR count). The minimum atomic E-state index is -4.29. The first-order chi connectivity index (χ1) is 6.79. The molecule has 1 N–H and O–H groups in total. The molecule has 15 heavy (non-hydrogen) atoms. The third-order valence-corrected chi connectivity index (χ3v) is 1.41. The van der Waals surface area contributed by atoms with Crippen LogP contribution in [-0.4, -0.2) is 36.1 Å². The highest BCUT2D eigenvalue weighted by molar-refractivity contribution is 5.81. The predicted octanol–water partition coefficient (Wildman–Crippen LogP) is 1.37. The first kappa shape index (κ1) is 13.9. The van der Waals surface area contributed by atoms with Gasteiger partial charge in [0.25, 0.3) is 0 Å². The predicted molar refractivity (Wildman–Crippen MR) is 42.7 cm³/mol. The fraction of sp³-hybridized carbons (Fsp3) is 0.625. The Bertz CT molecular complexity index is 230. The quantitative estimate of drug-likeness (QED) is 0.426. The SMILES string of the molecule is C=CC(=O)OCC(O)CC(F)(F)C(F)F. The molecule has 0 heterocycles. The molecule has 0 amide bonds. The lowest BCUT2D eigenvalue weighted by Crippen LogP contribution is -2.33. The number of hydrogen-bond donors (Lipinski definition) is 1. The topological polar surface area (TPSA) is 46.5 Å². The van der Waals surface area contributed by atoms with E-state index in [0.717, 1.165) is 6.08 Å². The van der Waals surface area contributed by atoms with Crippen LogP contribution in [0.5, 0.6) is 0 Å². The number of aliphatic hydroxyl groups excluding tert-OH is 1. The fourth-order valence-electron chi connectivity index (χ4n) is 0.699. The Morgan fingerprint density at radius 2 is 2.07 bits per heavy atom. The molecule has 0 radical (unpaired) electrons. The number of alkyl halides is 4. The molecule has 7 heteroatoms. The zero-order valence-electron chi connectivity index (χ0n) is 7.63. The third-order valence-electron chi connectivity index (χ3n) is 1.41. The van der Waals surface area contributed by atoms with Gasteiger partial charge in [0.2, 0.25) is 0 Å². The summed E-state index contributed by atoms with van der Waals surface area (Å²) in [7, 11) is 0. The number of hydrogen-bond acceptors (Lipinski definition) is 3. The van der Waals surface area contributed by atoms with Gasteiger partial charge in [0, 0.05) is 12.5 Å². The second kappa shape index (κ2) is 5.69. The molecule has 0 saturated heterocycles. The Morgan fingerprint density at radius 3 is 2.47 bits per heavy atom. The maximum atomic E-state index is 12.3. The van der Waals surface area contributed by atoms with Gasteiger partial charge in [-0.2, -0.15) is 0 Å². The van der Waals surface area contributed by atoms with Crippen molar-refractivity contribution in [3.63, 3.8) is 0 Å². The van der Waals surface area contributed by atoms with Crippen LogP contribution < -0.4 is 0 Å². The normalized spacial score (nSPS) is 13.7. The van der Waals surface area contributed by atoms with Gasteiger partial charge in [-0.05, 0) is 0 Å². The smallest absolute Gasteiger partial charge is 0.330 e. The van der Waals surface area contributed by atoms with Crippen molar-refractivity contribution in [1.82, 2.24) is 0 Å². The number of carbonyl (C=O) groups excluding carboxylic acids is 1. The number of halogens is 4. The molecular weight excluding hydrogens is 220 g/mol. The highest BCUT2D eigenvalue weighted by Gasteiger charge is 2.42. The van der Waals surface area contributed by atoms with Crippen molar-refractivity contribution < 1.29 is 32.2 Å². The van der Waals surface area contributed by atoms with E-state index in [1.807, 2.05) is 0 Å². The molecule has 0 aliphatic rings.